The molecule has 0 atom stereocenters. The predicted octanol–water partition coefficient (Wildman–Crippen LogP) is 2.30. The minimum Gasteiger partial charge on any atom is -0.355 e. The second-order valence-corrected chi connectivity index (χ2v) is 3.96. The number of unbranched alkanes of at least 4 members (excludes halogenated alkanes) is 1. The lowest BCUT2D eigenvalue weighted by atomic mass is 10.3. The summed E-state index contributed by atoms with van der Waals surface area (Å²) in [4.78, 5) is 4.31. The number of hydrogen-bond acceptors (Lipinski definition) is 3. The Kier molecular flexibility index (Phi) is 3.80. The van der Waals surface area contributed by atoms with Crippen molar-refractivity contribution in [2.24, 2.45) is 0 Å². The lowest BCUT2D eigenvalue weighted by Gasteiger charge is -2.06. The Labute approximate surface area is 101 Å². The first kappa shape index (κ1) is 11.7. The highest BCUT2D eigenvalue weighted by Gasteiger charge is 2.05. The molecule has 0 aromatic carbocycles. The number of hydrogen-bond donors (Lipinski definition) is 1. The fraction of sp³-hybridized carbons (Fsp3) is 0.500. The van der Waals surface area contributed by atoms with E-state index in [-0.39, 0.29) is 0 Å². The molecule has 0 fully saturated rings. The summed E-state index contributed by atoms with van der Waals surface area (Å²) in [5, 5.41) is 7.60. The van der Waals surface area contributed by atoms with Crippen molar-refractivity contribution in [2.75, 3.05) is 11.9 Å². The minimum absolute atomic E-state index is 0.882. The minimum atomic E-state index is 0.882. The molecule has 2 rings (SSSR count). The zero-order valence-corrected chi connectivity index (χ0v) is 10.4. The van der Waals surface area contributed by atoms with Crippen molar-refractivity contribution < 1.29 is 0 Å². The van der Waals surface area contributed by atoms with Gasteiger partial charge in [0, 0.05) is 31.7 Å². The van der Waals surface area contributed by atoms with Crippen LogP contribution >= 0.6 is 0 Å². The first-order valence-corrected chi connectivity index (χ1v) is 6.15. The summed E-state index contributed by atoms with van der Waals surface area (Å²) in [6, 6.07) is 0. The van der Waals surface area contributed by atoms with Crippen molar-refractivity contribution in [1.82, 2.24) is 19.3 Å². The number of aryl methyl sites for hydroxylation is 1. The van der Waals surface area contributed by atoms with Crippen LogP contribution in [-0.2, 0) is 6.54 Å². The number of imidazole rings is 1. The third-order valence-electron chi connectivity index (χ3n) is 2.68. The van der Waals surface area contributed by atoms with E-state index in [2.05, 4.69) is 29.2 Å². The average molecular weight is 233 g/mol. The van der Waals surface area contributed by atoms with E-state index in [1.165, 1.54) is 6.42 Å². The summed E-state index contributed by atoms with van der Waals surface area (Å²) in [6.45, 7) is 6.09. The predicted molar refractivity (Wildman–Crippen MR) is 68.4 cm³/mol. The maximum Gasteiger partial charge on any atom is 0.207 e. The fourth-order valence-electron chi connectivity index (χ4n) is 1.67. The Morgan fingerprint density at radius 1 is 1.35 bits per heavy atom. The van der Waals surface area contributed by atoms with E-state index in [0.29, 0.717) is 0 Å². The summed E-state index contributed by atoms with van der Waals surface area (Å²) in [6.07, 6.45) is 9.97. The van der Waals surface area contributed by atoms with Crippen molar-refractivity contribution in [3.05, 3.63) is 24.8 Å². The van der Waals surface area contributed by atoms with E-state index >= 15 is 0 Å². The fourth-order valence-corrected chi connectivity index (χ4v) is 1.67. The first-order chi connectivity index (χ1) is 8.35. The molecule has 2 aromatic rings. The van der Waals surface area contributed by atoms with Crippen molar-refractivity contribution in [2.45, 2.75) is 33.2 Å². The van der Waals surface area contributed by atoms with Crippen molar-refractivity contribution >= 4 is 5.95 Å². The van der Waals surface area contributed by atoms with Gasteiger partial charge in [-0.1, -0.05) is 13.3 Å². The Morgan fingerprint density at radius 2 is 2.24 bits per heavy atom. The SMILES string of the molecule is CCCCNc1nccn1-c1cnn(CC)c1. The molecule has 1 N–H and O–H groups in total. The Morgan fingerprint density at radius 3 is 2.94 bits per heavy atom. The summed E-state index contributed by atoms with van der Waals surface area (Å²) in [5.41, 5.74) is 1.04. The molecule has 0 saturated heterocycles. The maximum absolute atomic E-state index is 4.31. The molecule has 0 saturated carbocycles. The van der Waals surface area contributed by atoms with Crippen molar-refractivity contribution in [1.29, 1.82) is 0 Å². The molecule has 0 aliphatic rings. The molecule has 2 heterocycles. The summed E-state index contributed by atoms with van der Waals surface area (Å²) in [5.74, 6) is 0.883. The Bertz CT molecular complexity index is 457. The van der Waals surface area contributed by atoms with Gasteiger partial charge in [-0.3, -0.25) is 9.25 Å². The van der Waals surface area contributed by atoms with E-state index in [4.69, 9.17) is 0 Å². The number of anilines is 1. The van der Waals surface area contributed by atoms with Gasteiger partial charge in [0.05, 0.1) is 11.9 Å². The standard InChI is InChI=1S/C12H19N5/c1-3-5-6-13-12-14-7-8-17(12)11-9-15-16(4-2)10-11/h7-10H,3-6H2,1-2H3,(H,13,14). The van der Waals surface area contributed by atoms with Gasteiger partial charge >= 0.3 is 0 Å². The summed E-state index contributed by atoms with van der Waals surface area (Å²) < 4.78 is 3.93. The van der Waals surface area contributed by atoms with Crippen LogP contribution in [0.3, 0.4) is 0 Å². The summed E-state index contributed by atoms with van der Waals surface area (Å²) in [7, 11) is 0. The van der Waals surface area contributed by atoms with Crippen LogP contribution in [0.1, 0.15) is 26.7 Å². The molecule has 0 amide bonds. The van der Waals surface area contributed by atoms with Crippen LogP contribution in [-0.4, -0.2) is 25.9 Å². The lowest BCUT2D eigenvalue weighted by Crippen LogP contribution is -2.06. The number of nitrogens with zero attached hydrogens (tertiary/aromatic N) is 4. The summed E-state index contributed by atoms with van der Waals surface area (Å²) >= 11 is 0. The van der Waals surface area contributed by atoms with E-state index in [1.807, 2.05) is 27.8 Å². The van der Waals surface area contributed by atoms with Crippen molar-refractivity contribution in [3.63, 3.8) is 0 Å². The Hall–Kier alpha value is -1.78. The average Bonchev–Trinajstić information content (AvgIpc) is 2.96. The molecular formula is C12H19N5. The molecule has 0 aliphatic heterocycles. The number of aromatic nitrogens is 4. The van der Waals surface area contributed by atoms with Gasteiger partial charge in [0.15, 0.2) is 0 Å². The zero-order valence-electron chi connectivity index (χ0n) is 10.4. The molecule has 0 bridgehead atoms. The zero-order chi connectivity index (χ0) is 12.1. The second-order valence-electron chi connectivity index (χ2n) is 3.96. The van der Waals surface area contributed by atoms with Gasteiger partial charge in [-0.05, 0) is 13.3 Å². The normalized spacial score (nSPS) is 10.7. The molecule has 5 heteroatoms. The van der Waals surface area contributed by atoms with Gasteiger partial charge < -0.3 is 5.32 Å². The van der Waals surface area contributed by atoms with Crippen LogP contribution < -0.4 is 5.32 Å². The van der Waals surface area contributed by atoms with E-state index in [0.717, 1.165) is 31.1 Å². The largest absolute Gasteiger partial charge is 0.355 e. The highest BCUT2D eigenvalue weighted by atomic mass is 15.3. The number of nitrogens with one attached hydrogen (secondary N) is 1. The molecule has 0 unspecified atom stereocenters. The lowest BCUT2D eigenvalue weighted by molar-refractivity contribution is 0.659. The molecular weight excluding hydrogens is 214 g/mol. The van der Waals surface area contributed by atoms with E-state index in [1.54, 1.807) is 6.20 Å². The molecule has 92 valence electrons. The van der Waals surface area contributed by atoms with Crippen LogP contribution in [0, 0.1) is 0 Å². The third kappa shape index (κ3) is 2.67. The van der Waals surface area contributed by atoms with Gasteiger partial charge in [-0.25, -0.2) is 4.98 Å². The molecule has 0 radical (unpaired) electrons. The number of rotatable bonds is 6. The monoisotopic (exact) mass is 233 g/mol. The molecule has 0 spiro atoms. The molecule has 2 aromatic heterocycles. The van der Waals surface area contributed by atoms with Crippen LogP contribution in [0.4, 0.5) is 5.95 Å². The van der Waals surface area contributed by atoms with E-state index < -0.39 is 0 Å². The molecule has 0 aliphatic carbocycles. The van der Waals surface area contributed by atoms with Crippen LogP contribution in [0.2, 0.25) is 0 Å². The molecule has 17 heavy (non-hydrogen) atoms. The van der Waals surface area contributed by atoms with Gasteiger partial charge in [0.1, 0.15) is 0 Å². The van der Waals surface area contributed by atoms with E-state index in [9.17, 15) is 0 Å². The van der Waals surface area contributed by atoms with Gasteiger partial charge in [0.2, 0.25) is 5.95 Å². The van der Waals surface area contributed by atoms with Crippen LogP contribution in [0.25, 0.3) is 5.69 Å². The van der Waals surface area contributed by atoms with Gasteiger partial charge in [0.25, 0.3) is 0 Å². The smallest absolute Gasteiger partial charge is 0.207 e. The maximum atomic E-state index is 4.31. The quantitative estimate of drug-likeness (QED) is 0.779. The first-order valence-electron chi connectivity index (χ1n) is 6.15. The highest BCUT2D eigenvalue weighted by Crippen LogP contribution is 2.13. The Balaban J connectivity index is 2.12. The van der Waals surface area contributed by atoms with Crippen molar-refractivity contribution in [3.8, 4) is 5.69 Å². The van der Waals surface area contributed by atoms with Crippen LogP contribution in [0.5, 0.6) is 0 Å². The highest BCUT2D eigenvalue weighted by molar-refractivity contribution is 5.39. The molecule has 5 nitrogen and oxygen atoms in total. The van der Waals surface area contributed by atoms with Crippen LogP contribution in [0.15, 0.2) is 24.8 Å². The third-order valence-corrected chi connectivity index (χ3v) is 2.68. The topological polar surface area (TPSA) is 47.7 Å². The second kappa shape index (κ2) is 5.52. The van der Waals surface area contributed by atoms with Gasteiger partial charge in [-0.15, -0.1) is 0 Å². The van der Waals surface area contributed by atoms with Gasteiger partial charge in [-0.2, -0.15) is 5.10 Å².